The summed E-state index contributed by atoms with van der Waals surface area (Å²) in [7, 11) is 0. The minimum Gasteiger partial charge on any atom is -0.327 e. The lowest BCUT2D eigenvalue weighted by Gasteiger charge is -2.28. The van der Waals surface area contributed by atoms with Gasteiger partial charge in [-0.1, -0.05) is 0 Å². The van der Waals surface area contributed by atoms with E-state index in [0.717, 1.165) is 11.3 Å². The van der Waals surface area contributed by atoms with Gasteiger partial charge in [-0.2, -0.15) is 5.26 Å². The van der Waals surface area contributed by atoms with Crippen LogP contribution in [0.3, 0.4) is 0 Å². The van der Waals surface area contributed by atoms with E-state index in [0.29, 0.717) is 12.0 Å². The summed E-state index contributed by atoms with van der Waals surface area (Å²) < 4.78 is 2.33. The zero-order valence-corrected chi connectivity index (χ0v) is 10.5. The van der Waals surface area contributed by atoms with Crippen LogP contribution in [0.4, 0.5) is 0 Å². The number of hydrogen-bond donors (Lipinski definition) is 0. The third-order valence-corrected chi connectivity index (χ3v) is 4.60. The maximum absolute atomic E-state index is 8.72. The summed E-state index contributed by atoms with van der Waals surface area (Å²) in [5, 5.41) is 10.8. The van der Waals surface area contributed by atoms with Crippen molar-refractivity contribution in [1.82, 2.24) is 9.55 Å². The zero-order valence-electron chi connectivity index (χ0n) is 9.67. The molecule has 1 aliphatic carbocycles. The molecule has 1 aliphatic rings. The van der Waals surface area contributed by atoms with Gasteiger partial charge in [0.05, 0.1) is 17.9 Å². The Hall–Kier alpha value is -1.34. The van der Waals surface area contributed by atoms with Crippen LogP contribution < -0.4 is 0 Å². The highest BCUT2D eigenvalue weighted by atomic mass is 32.1. The van der Waals surface area contributed by atoms with Crippen molar-refractivity contribution in [1.29, 1.82) is 5.26 Å². The lowest BCUT2D eigenvalue weighted by Crippen LogP contribution is -2.17. The van der Waals surface area contributed by atoms with Gasteiger partial charge in [-0.3, -0.25) is 0 Å². The Labute approximate surface area is 105 Å². The second-order valence-electron chi connectivity index (χ2n) is 4.80. The first-order chi connectivity index (χ1) is 8.38. The molecule has 1 saturated carbocycles. The normalized spacial score (nSPS) is 24.9. The third-order valence-electron chi connectivity index (χ3n) is 3.79. The fourth-order valence-electron chi connectivity index (χ4n) is 2.81. The first-order valence-electron chi connectivity index (χ1n) is 6.15. The van der Waals surface area contributed by atoms with Crippen LogP contribution in [0.1, 0.15) is 38.1 Å². The Morgan fingerprint density at radius 3 is 3.00 bits per heavy atom. The van der Waals surface area contributed by atoms with Crippen LogP contribution in [0.15, 0.2) is 17.8 Å². The molecule has 2 aromatic rings. The van der Waals surface area contributed by atoms with Gasteiger partial charge >= 0.3 is 0 Å². The number of thiophene rings is 1. The molecule has 3 rings (SSSR count). The Morgan fingerprint density at radius 1 is 1.41 bits per heavy atom. The van der Waals surface area contributed by atoms with Crippen LogP contribution in [0, 0.1) is 17.2 Å². The van der Waals surface area contributed by atoms with Crippen molar-refractivity contribution in [3.63, 3.8) is 0 Å². The molecule has 0 aromatic carbocycles. The molecule has 17 heavy (non-hydrogen) atoms. The number of hydrogen-bond acceptors (Lipinski definition) is 3. The molecule has 0 amide bonds. The minimum atomic E-state index is 0.588. The third kappa shape index (κ3) is 1.96. The average molecular weight is 245 g/mol. The molecule has 2 aromatic heterocycles. The Balaban J connectivity index is 1.75. The molecule has 0 bridgehead atoms. The van der Waals surface area contributed by atoms with Gasteiger partial charge in [0.15, 0.2) is 0 Å². The van der Waals surface area contributed by atoms with Gasteiger partial charge in [0.1, 0.15) is 4.83 Å². The Morgan fingerprint density at radius 2 is 2.24 bits per heavy atom. The van der Waals surface area contributed by atoms with E-state index < -0.39 is 0 Å². The predicted octanol–water partition coefficient (Wildman–Crippen LogP) is 3.74. The van der Waals surface area contributed by atoms with Gasteiger partial charge in [-0.15, -0.1) is 11.3 Å². The molecule has 0 saturated heterocycles. The van der Waals surface area contributed by atoms with Crippen LogP contribution >= 0.6 is 11.3 Å². The molecule has 2 heterocycles. The molecular formula is C13H15N3S. The molecule has 0 N–H and O–H groups in total. The van der Waals surface area contributed by atoms with Crippen molar-refractivity contribution < 1.29 is 0 Å². The SMILES string of the molecule is N#CCC1CCC(n2cnc3sccc32)CC1. The van der Waals surface area contributed by atoms with E-state index in [9.17, 15) is 0 Å². The van der Waals surface area contributed by atoms with Crippen molar-refractivity contribution in [2.75, 3.05) is 0 Å². The molecule has 0 unspecified atom stereocenters. The Bertz CT molecular complexity index is 540. The maximum Gasteiger partial charge on any atom is 0.141 e. The number of rotatable bonds is 2. The monoisotopic (exact) mass is 245 g/mol. The van der Waals surface area contributed by atoms with Crippen molar-refractivity contribution in [3.05, 3.63) is 17.8 Å². The topological polar surface area (TPSA) is 41.6 Å². The van der Waals surface area contributed by atoms with E-state index >= 15 is 0 Å². The van der Waals surface area contributed by atoms with E-state index in [-0.39, 0.29) is 0 Å². The van der Waals surface area contributed by atoms with E-state index in [1.54, 1.807) is 11.3 Å². The standard InChI is InChI=1S/C13H15N3S/c14-7-5-10-1-3-11(4-2-10)16-9-15-13-12(16)6-8-17-13/h6,8-11H,1-5H2. The van der Waals surface area contributed by atoms with Gasteiger partial charge in [0.25, 0.3) is 0 Å². The summed E-state index contributed by atoms with van der Waals surface area (Å²) in [5.41, 5.74) is 1.28. The van der Waals surface area contributed by atoms with E-state index in [2.05, 4.69) is 27.1 Å². The second kappa shape index (κ2) is 4.50. The molecule has 88 valence electrons. The van der Waals surface area contributed by atoms with E-state index in [4.69, 9.17) is 5.26 Å². The first kappa shape index (κ1) is 10.8. The molecule has 0 aliphatic heterocycles. The zero-order chi connectivity index (χ0) is 11.7. The van der Waals surface area contributed by atoms with Crippen molar-refractivity contribution >= 4 is 21.7 Å². The average Bonchev–Trinajstić information content (AvgIpc) is 2.93. The van der Waals surface area contributed by atoms with Crippen molar-refractivity contribution in [3.8, 4) is 6.07 Å². The molecule has 4 heteroatoms. The number of aromatic nitrogens is 2. The molecule has 3 nitrogen and oxygen atoms in total. The fraction of sp³-hybridized carbons (Fsp3) is 0.538. The quantitative estimate of drug-likeness (QED) is 0.808. The van der Waals surface area contributed by atoms with Gasteiger partial charge < -0.3 is 4.57 Å². The summed E-state index contributed by atoms with van der Waals surface area (Å²) in [4.78, 5) is 5.58. The fourth-order valence-corrected chi connectivity index (χ4v) is 3.54. The van der Waals surface area contributed by atoms with Crippen molar-refractivity contribution in [2.45, 2.75) is 38.1 Å². The minimum absolute atomic E-state index is 0.588. The second-order valence-corrected chi connectivity index (χ2v) is 5.69. The molecule has 0 spiro atoms. The molecule has 0 atom stereocenters. The summed E-state index contributed by atoms with van der Waals surface area (Å²) in [6, 6.07) is 5.04. The smallest absolute Gasteiger partial charge is 0.141 e. The summed E-state index contributed by atoms with van der Waals surface area (Å²) in [6.45, 7) is 0. The van der Waals surface area contributed by atoms with E-state index in [1.807, 2.05) is 6.33 Å². The van der Waals surface area contributed by atoms with Gasteiger partial charge in [-0.25, -0.2) is 4.98 Å². The molecule has 1 fully saturated rings. The maximum atomic E-state index is 8.72. The number of nitriles is 1. The Kier molecular flexibility index (Phi) is 2.86. The van der Waals surface area contributed by atoms with Crippen LogP contribution in [-0.4, -0.2) is 9.55 Å². The van der Waals surface area contributed by atoms with Crippen LogP contribution in [0.2, 0.25) is 0 Å². The van der Waals surface area contributed by atoms with Crippen LogP contribution in [-0.2, 0) is 0 Å². The summed E-state index contributed by atoms with van der Waals surface area (Å²) in [5.74, 6) is 0.623. The largest absolute Gasteiger partial charge is 0.327 e. The number of nitrogens with zero attached hydrogens (tertiary/aromatic N) is 3. The predicted molar refractivity (Wildman–Crippen MR) is 68.8 cm³/mol. The molecule has 0 radical (unpaired) electrons. The number of imidazole rings is 1. The van der Waals surface area contributed by atoms with Gasteiger partial charge in [-0.05, 0) is 43.0 Å². The summed E-state index contributed by atoms with van der Waals surface area (Å²) in [6.07, 6.45) is 7.45. The van der Waals surface area contributed by atoms with E-state index in [1.165, 1.54) is 31.2 Å². The lowest BCUT2D eigenvalue weighted by molar-refractivity contribution is 0.281. The highest BCUT2D eigenvalue weighted by Gasteiger charge is 2.23. The highest BCUT2D eigenvalue weighted by molar-refractivity contribution is 7.16. The lowest BCUT2D eigenvalue weighted by atomic mass is 9.84. The van der Waals surface area contributed by atoms with Gasteiger partial charge in [0, 0.05) is 12.5 Å². The summed E-state index contributed by atoms with van der Waals surface area (Å²) >= 11 is 1.71. The highest BCUT2D eigenvalue weighted by Crippen LogP contribution is 2.35. The first-order valence-corrected chi connectivity index (χ1v) is 7.03. The van der Waals surface area contributed by atoms with Crippen LogP contribution in [0.5, 0.6) is 0 Å². The van der Waals surface area contributed by atoms with Gasteiger partial charge in [0.2, 0.25) is 0 Å². The number of fused-ring (bicyclic) bond motifs is 1. The van der Waals surface area contributed by atoms with Crippen molar-refractivity contribution in [2.24, 2.45) is 5.92 Å². The van der Waals surface area contributed by atoms with Crippen LogP contribution in [0.25, 0.3) is 10.3 Å². The molecular weight excluding hydrogens is 230 g/mol.